The Labute approximate surface area is 186 Å². The van der Waals surface area contributed by atoms with Crippen molar-refractivity contribution in [3.63, 3.8) is 0 Å². The number of aliphatic hydroxyl groups is 2. The first-order valence-electron chi connectivity index (χ1n) is 10.2. The zero-order chi connectivity index (χ0) is 23.9. The average Bonchev–Trinajstić information content (AvgIpc) is 3.41. The monoisotopic (exact) mass is 465 g/mol. The predicted molar refractivity (Wildman–Crippen MR) is 110 cm³/mol. The zero-order valence-electron chi connectivity index (χ0n) is 17.9. The number of nitro benzene ring substituents is 1. The highest BCUT2D eigenvalue weighted by molar-refractivity contribution is 5.62. The van der Waals surface area contributed by atoms with Crippen LogP contribution in [0, 0.1) is 17.0 Å². The van der Waals surface area contributed by atoms with Crippen LogP contribution in [0.25, 0.3) is 0 Å². The van der Waals surface area contributed by atoms with Crippen molar-refractivity contribution >= 4 is 5.69 Å². The zero-order valence-corrected chi connectivity index (χ0v) is 17.9. The van der Waals surface area contributed by atoms with Gasteiger partial charge in [0, 0.05) is 18.2 Å². The van der Waals surface area contributed by atoms with Gasteiger partial charge >= 0.3 is 11.4 Å². The van der Waals surface area contributed by atoms with Crippen molar-refractivity contribution in [2.24, 2.45) is 0 Å². The van der Waals surface area contributed by atoms with Crippen molar-refractivity contribution in [1.29, 1.82) is 0 Å². The average molecular weight is 465 g/mol. The molecule has 1 unspecified atom stereocenters. The molecule has 178 valence electrons. The van der Waals surface area contributed by atoms with Gasteiger partial charge in [-0.15, -0.1) is 0 Å². The van der Waals surface area contributed by atoms with Crippen LogP contribution in [-0.2, 0) is 16.2 Å². The molecule has 2 aliphatic heterocycles. The summed E-state index contributed by atoms with van der Waals surface area (Å²) in [6.45, 7) is 2.02. The minimum Gasteiger partial charge on any atom is -0.453 e. The van der Waals surface area contributed by atoms with Gasteiger partial charge in [0.15, 0.2) is 5.75 Å². The summed E-state index contributed by atoms with van der Waals surface area (Å²) in [6.07, 6.45) is -2.17. The highest BCUT2D eigenvalue weighted by Crippen LogP contribution is 2.45. The quantitative estimate of drug-likeness (QED) is 0.430. The van der Waals surface area contributed by atoms with Gasteiger partial charge < -0.3 is 29.2 Å². The second kappa shape index (κ2) is 8.94. The van der Waals surface area contributed by atoms with E-state index in [1.807, 2.05) is 0 Å². The fourth-order valence-corrected chi connectivity index (χ4v) is 3.89. The molecule has 1 fully saturated rings. The van der Waals surface area contributed by atoms with E-state index in [2.05, 4.69) is 0 Å². The third-order valence-corrected chi connectivity index (χ3v) is 5.68. The van der Waals surface area contributed by atoms with E-state index in [0.717, 1.165) is 9.13 Å². The number of nitro groups is 1. The Kier molecular flexibility index (Phi) is 6.21. The van der Waals surface area contributed by atoms with Crippen LogP contribution in [0.2, 0.25) is 0 Å². The number of fused-ring (bicyclic) bond motifs is 1. The van der Waals surface area contributed by atoms with E-state index in [1.54, 1.807) is 6.92 Å². The van der Waals surface area contributed by atoms with Crippen LogP contribution in [0.1, 0.15) is 36.8 Å². The highest BCUT2D eigenvalue weighted by atomic mass is 16.7. The van der Waals surface area contributed by atoms with Gasteiger partial charge in [0.25, 0.3) is 5.56 Å². The third kappa shape index (κ3) is 4.11. The molecule has 2 aliphatic rings. The van der Waals surface area contributed by atoms with E-state index < -0.39 is 54.0 Å². The minimum atomic E-state index is -0.963. The number of ether oxygens (including phenoxy) is 4. The minimum absolute atomic E-state index is 0.00148. The maximum absolute atomic E-state index is 13.0. The van der Waals surface area contributed by atoms with Gasteiger partial charge in [-0.05, 0) is 26.0 Å². The van der Waals surface area contributed by atoms with Crippen LogP contribution >= 0.6 is 0 Å². The Morgan fingerprint density at radius 1 is 1.33 bits per heavy atom. The van der Waals surface area contributed by atoms with Crippen LogP contribution < -0.4 is 20.7 Å². The van der Waals surface area contributed by atoms with Gasteiger partial charge in [-0.25, -0.2) is 9.36 Å². The Balaban J connectivity index is 1.61. The largest absolute Gasteiger partial charge is 0.453 e. The molecular weight excluding hydrogens is 442 g/mol. The molecule has 0 bridgehead atoms. The van der Waals surface area contributed by atoms with E-state index in [9.17, 15) is 29.9 Å². The van der Waals surface area contributed by atoms with Crippen LogP contribution in [0.3, 0.4) is 0 Å². The van der Waals surface area contributed by atoms with E-state index in [0.29, 0.717) is 0 Å². The van der Waals surface area contributed by atoms with Crippen LogP contribution in [0.5, 0.6) is 11.5 Å². The molecule has 0 amide bonds. The summed E-state index contributed by atoms with van der Waals surface area (Å²) in [7, 11) is 0. The maximum Gasteiger partial charge on any atom is 0.335 e. The Morgan fingerprint density at radius 3 is 2.76 bits per heavy atom. The molecule has 2 aromatic rings. The summed E-state index contributed by atoms with van der Waals surface area (Å²) in [5.74, 6) is 0.244. The molecule has 0 radical (unpaired) electrons. The van der Waals surface area contributed by atoms with E-state index >= 15 is 0 Å². The molecule has 1 saturated heterocycles. The van der Waals surface area contributed by atoms with Crippen molar-refractivity contribution in [1.82, 2.24) is 9.13 Å². The molecule has 4 rings (SSSR count). The lowest BCUT2D eigenvalue weighted by atomic mass is 10.1. The number of benzene rings is 1. The van der Waals surface area contributed by atoms with Crippen LogP contribution in [0.15, 0.2) is 27.9 Å². The highest BCUT2D eigenvalue weighted by Gasteiger charge is 2.36. The van der Waals surface area contributed by atoms with Gasteiger partial charge in [0.1, 0.15) is 19.1 Å². The van der Waals surface area contributed by atoms with Gasteiger partial charge in [0.2, 0.25) is 12.5 Å². The maximum atomic E-state index is 13.0. The lowest BCUT2D eigenvalue weighted by molar-refractivity contribution is -0.387. The van der Waals surface area contributed by atoms with Crippen molar-refractivity contribution in [3.8, 4) is 11.5 Å². The molecule has 0 spiro atoms. The van der Waals surface area contributed by atoms with Gasteiger partial charge in [-0.3, -0.25) is 19.5 Å². The van der Waals surface area contributed by atoms with E-state index in [-0.39, 0.29) is 41.5 Å². The summed E-state index contributed by atoms with van der Waals surface area (Å²) in [5, 5.41) is 30.9. The van der Waals surface area contributed by atoms with Crippen molar-refractivity contribution in [3.05, 3.63) is 60.4 Å². The van der Waals surface area contributed by atoms with E-state index in [1.165, 1.54) is 25.3 Å². The molecule has 13 heteroatoms. The summed E-state index contributed by atoms with van der Waals surface area (Å²) in [6, 6.07) is 2.99. The summed E-state index contributed by atoms with van der Waals surface area (Å²) in [5.41, 5.74) is -1.23. The number of rotatable bonds is 7. The standard InChI is InChI=1S/C20H23N3O10/c1-10-6-21(16-5-13(25)15(7-24)33-16)20(27)22(19(10)26)8-30-11(2)12-3-4-14-18(32-9-31-14)17(12)23(28)29/h3-4,6,11,13,15-16,24-25H,5,7-9H2,1-2H3/t11?,13-,15-,16-/m1/s1. The molecule has 0 saturated carbocycles. The number of hydrogen-bond acceptors (Lipinski definition) is 10. The molecule has 1 aromatic carbocycles. The Hall–Kier alpha value is -3.26. The number of aliphatic hydroxyl groups excluding tert-OH is 2. The Morgan fingerprint density at radius 2 is 2.09 bits per heavy atom. The fraction of sp³-hybridized carbons (Fsp3) is 0.500. The second-order valence-corrected chi connectivity index (χ2v) is 7.78. The van der Waals surface area contributed by atoms with Gasteiger partial charge in [-0.1, -0.05) is 0 Å². The molecular formula is C20H23N3O10. The molecule has 0 aliphatic carbocycles. The third-order valence-electron chi connectivity index (χ3n) is 5.68. The topological polar surface area (TPSA) is 165 Å². The molecule has 13 nitrogen and oxygen atoms in total. The summed E-state index contributed by atoms with van der Waals surface area (Å²) < 4.78 is 23.6. The smallest absolute Gasteiger partial charge is 0.335 e. The number of nitrogens with zero attached hydrogens (tertiary/aromatic N) is 3. The van der Waals surface area contributed by atoms with Crippen molar-refractivity contribution < 1.29 is 34.1 Å². The second-order valence-electron chi connectivity index (χ2n) is 7.78. The van der Waals surface area contributed by atoms with E-state index in [4.69, 9.17) is 18.9 Å². The summed E-state index contributed by atoms with van der Waals surface area (Å²) >= 11 is 0. The number of hydrogen-bond donors (Lipinski definition) is 2. The normalized spacial score (nSPS) is 22.5. The lowest BCUT2D eigenvalue weighted by Gasteiger charge is -2.19. The molecule has 4 atom stereocenters. The van der Waals surface area contributed by atoms with Crippen LogP contribution in [-0.4, -0.2) is 49.9 Å². The molecule has 3 heterocycles. The lowest BCUT2D eigenvalue weighted by Crippen LogP contribution is -2.42. The molecule has 33 heavy (non-hydrogen) atoms. The van der Waals surface area contributed by atoms with Crippen molar-refractivity contribution in [2.45, 2.75) is 51.5 Å². The SMILES string of the molecule is Cc1cn([C@H]2C[C@@H](O)[C@@H](CO)O2)c(=O)n(COC(C)c2ccc3c(c2[N+](=O)[O-])OCO3)c1=O. The van der Waals surface area contributed by atoms with Crippen molar-refractivity contribution in [2.75, 3.05) is 13.4 Å². The fourth-order valence-electron chi connectivity index (χ4n) is 3.89. The summed E-state index contributed by atoms with van der Waals surface area (Å²) in [4.78, 5) is 36.6. The number of aryl methyl sites for hydroxylation is 1. The van der Waals surface area contributed by atoms with Gasteiger partial charge in [0.05, 0.1) is 29.3 Å². The Bertz CT molecular complexity index is 1190. The molecule has 2 N–H and O–H groups in total. The van der Waals surface area contributed by atoms with Crippen LogP contribution in [0.4, 0.5) is 5.69 Å². The number of aromatic nitrogens is 2. The van der Waals surface area contributed by atoms with Gasteiger partial charge in [-0.2, -0.15) is 0 Å². The first kappa shape index (κ1) is 22.9. The predicted octanol–water partition coefficient (Wildman–Crippen LogP) is 0.331. The first-order valence-corrected chi connectivity index (χ1v) is 10.2. The molecule has 1 aromatic heterocycles. The first-order chi connectivity index (χ1) is 15.7.